The zero-order valence-electron chi connectivity index (χ0n) is 13.9. The smallest absolute Gasteiger partial charge is 0.225 e. The standard InChI is InChI=1S/C17H21FN4O2.ClH/c1-22(17(24)11-6-14(19)15(23)7-11)9-12-8-20-21-16(12)10-2-4-13(18)5-3-10;/h2-5,8,11,14-15,23H,6-7,9,19H2,1H3,(H,20,21);1H/t11-,14-,15-;/m0./s1. The molecular weight excluding hydrogens is 347 g/mol. The van der Waals surface area contributed by atoms with Crippen molar-refractivity contribution in [2.45, 2.75) is 31.5 Å². The van der Waals surface area contributed by atoms with Crippen molar-refractivity contribution in [3.63, 3.8) is 0 Å². The van der Waals surface area contributed by atoms with Crippen molar-refractivity contribution in [1.82, 2.24) is 15.1 Å². The normalized spacial score (nSPS) is 22.5. The van der Waals surface area contributed by atoms with Crippen LogP contribution in [0.4, 0.5) is 4.39 Å². The van der Waals surface area contributed by atoms with Crippen LogP contribution in [0, 0.1) is 11.7 Å². The molecule has 0 aliphatic heterocycles. The summed E-state index contributed by atoms with van der Waals surface area (Å²) in [6.45, 7) is 0.379. The van der Waals surface area contributed by atoms with Gasteiger partial charge in [0.25, 0.3) is 0 Å². The zero-order valence-corrected chi connectivity index (χ0v) is 14.7. The van der Waals surface area contributed by atoms with Crippen LogP contribution < -0.4 is 5.73 Å². The molecule has 1 aliphatic carbocycles. The average molecular weight is 369 g/mol. The largest absolute Gasteiger partial charge is 0.391 e. The Kier molecular flexibility index (Phi) is 6.16. The van der Waals surface area contributed by atoms with E-state index in [1.165, 1.54) is 12.1 Å². The number of nitrogens with two attached hydrogens (primary N) is 1. The number of nitrogens with one attached hydrogen (secondary N) is 1. The summed E-state index contributed by atoms with van der Waals surface area (Å²) in [5.74, 6) is -0.585. The highest BCUT2D eigenvalue weighted by Crippen LogP contribution is 2.28. The van der Waals surface area contributed by atoms with Crippen LogP contribution in [-0.4, -0.2) is 45.3 Å². The van der Waals surface area contributed by atoms with Gasteiger partial charge in [-0.2, -0.15) is 5.10 Å². The van der Waals surface area contributed by atoms with Crippen molar-refractivity contribution >= 4 is 18.3 Å². The molecule has 1 aromatic carbocycles. The zero-order chi connectivity index (χ0) is 17.3. The molecule has 1 amide bonds. The average Bonchev–Trinajstić information content (AvgIpc) is 3.14. The van der Waals surface area contributed by atoms with Gasteiger partial charge in [-0.05, 0) is 37.1 Å². The predicted molar refractivity (Wildman–Crippen MR) is 94.4 cm³/mol. The van der Waals surface area contributed by atoms with Crippen molar-refractivity contribution in [3.05, 3.63) is 41.8 Å². The number of carbonyl (C=O) groups excluding carboxylic acids is 1. The van der Waals surface area contributed by atoms with Crippen molar-refractivity contribution in [2.75, 3.05) is 7.05 Å². The van der Waals surface area contributed by atoms with Crippen LogP contribution in [-0.2, 0) is 11.3 Å². The summed E-state index contributed by atoms with van der Waals surface area (Å²) in [7, 11) is 1.72. The number of benzene rings is 1. The first-order valence-corrected chi connectivity index (χ1v) is 7.92. The second-order valence-electron chi connectivity index (χ2n) is 6.37. The van der Waals surface area contributed by atoms with Gasteiger partial charge in [-0.15, -0.1) is 12.4 Å². The maximum Gasteiger partial charge on any atom is 0.225 e. The molecule has 1 saturated carbocycles. The SMILES string of the molecule is CN(Cc1cn[nH]c1-c1ccc(F)cc1)C(=O)[C@H]1C[C@H](N)[C@@H](O)C1.Cl. The number of rotatable bonds is 4. The minimum atomic E-state index is -0.615. The maximum atomic E-state index is 13.1. The molecule has 0 unspecified atom stereocenters. The van der Waals surface area contributed by atoms with Gasteiger partial charge in [-0.25, -0.2) is 4.39 Å². The summed E-state index contributed by atoms with van der Waals surface area (Å²) in [4.78, 5) is 14.2. The van der Waals surface area contributed by atoms with Crippen LogP contribution in [0.15, 0.2) is 30.5 Å². The number of halogens is 2. The highest BCUT2D eigenvalue weighted by atomic mass is 35.5. The van der Waals surface area contributed by atoms with E-state index in [0.717, 1.165) is 16.8 Å². The van der Waals surface area contributed by atoms with Gasteiger partial charge in [0.05, 0.1) is 18.0 Å². The van der Waals surface area contributed by atoms with E-state index in [1.54, 1.807) is 30.3 Å². The molecule has 1 aliphatic rings. The molecule has 2 aromatic rings. The Hall–Kier alpha value is -1.96. The third-order valence-corrected chi connectivity index (χ3v) is 4.56. The number of aromatic amines is 1. The molecule has 3 rings (SSSR count). The van der Waals surface area contributed by atoms with E-state index in [2.05, 4.69) is 10.2 Å². The highest BCUT2D eigenvalue weighted by Gasteiger charge is 2.36. The van der Waals surface area contributed by atoms with Crippen molar-refractivity contribution in [1.29, 1.82) is 0 Å². The van der Waals surface area contributed by atoms with Crippen LogP contribution in [0.25, 0.3) is 11.3 Å². The van der Waals surface area contributed by atoms with Crippen LogP contribution in [0.3, 0.4) is 0 Å². The summed E-state index contributed by atoms with van der Waals surface area (Å²) in [5.41, 5.74) is 8.21. The van der Waals surface area contributed by atoms with E-state index >= 15 is 0 Å². The van der Waals surface area contributed by atoms with E-state index in [-0.39, 0.29) is 36.1 Å². The molecule has 6 nitrogen and oxygen atoms in total. The summed E-state index contributed by atoms with van der Waals surface area (Å²) < 4.78 is 13.1. The summed E-state index contributed by atoms with van der Waals surface area (Å²) >= 11 is 0. The minimum Gasteiger partial charge on any atom is -0.391 e. The van der Waals surface area contributed by atoms with E-state index in [4.69, 9.17) is 5.73 Å². The van der Waals surface area contributed by atoms with Gasteiger partial charge in [0, 0.05) is 36.7 Å². The Bertz CT molecular complexity index is 712. The molecule has 0 radical (unpaired) electrons. The van der Waals surface area contributed by atoms with Crippen molar-refractivity contribution in [3.8, 4) is 11.3 Å². The topological polar surface area (TPSA) is 95.2 Å². The third-order valence-electron chi connectivity index (χ3n) is 4.56. The van der Waals surface area contributed by atoms with Gasteiger partial charge in [-0.1, -0.05) is 0 Å². The molecule has 136 valence electrons. The first-order chi connectivity index (χ1) is 11.5. The number of aromatic nitrogens is 2. The molecule has 4 N–H and O–H groups in total. The van der Waals surface area contributed by atoms with E-state index in [1.807, 2.05) is 0 Å². The number of hydrogen-bond donors (Lipinski definition) is 3. The monoisotopic (exact) mass is 368 g/mol. The van der Waals surface area contributed by atoms with E-state index in [0.29, 0.717) is 19.4 Å². The molecule has 25 heavy (non-hydrogen) atoms. The fourth-order valence-electron chi connectivity index (χ4n) is 3.19. The summed E-state index contributed by atoms with van der Waals surface area (Å²) in [6.07, 6.45) is 1.95. The number of hydrogen-bond acceptors (Lipinski definition) is 4. The molecule has 0 spiro atoms. The third kappa shape index (κ3) is 4.18. The summed E-state index contributed by atoms with van der Waals surface area (Å²) in [6, 6.07) is 5.77. The van der Waals surface area contributed by atoms with E-state index in [9.17, 15) is 14.3 Å². The molecule has 8 heteroatoms. The number of aliphatic hydroxyl groups excluding tert-OH is 1. The highest BCUT2D eigenvalue weighted by molar-refractivity contribution is 5.85. The molecule has 1 fully saturated rings. The van der Waals surface area contributed by atoms with Crippen molar-refractivity contribution < 1.29 is 14.3 Å². The lowest BCUT2D eigenvalue weighted by Gasteiger charge is -2.21. The lowest BCUT2D eigenvalue weighted by Crippen LogP contribution is -2.32. The molecule has 0 bridgehead atoms. The lowest BCUT2D eigenvalue weighted by molar-refractivity contribution is -0.134. The number of H-pyrrole nitrogens is 1. The van der Waals surface area contributed by atoms with Gasteiger partial charge in [0.1, 0.15) is 5.82 Å². The molecule has 1 heterocycles. The van der Waals surface area contributed by atoms with E-state index < -0.39 is 6.10 Å². The first-order valence-electron chi connectivity index (χ1n) is 7.92. The second-order valence-corrected chi connectivity index (χ2v) is 6.37. The van der Waals surface area contributed by atoms with Gasteiger partial charge in [0.15, 0.2) is 0 Å². The van der Waals surface area contributed by atoms with Crippen LogP contribution in [0.5, 0.6) is 0 Å². The predicted octanol–water partition coefficient (Wildman–Crippen LogP) is 1.69. The lowest BCUT2D eigenvalue weighted by atomic mass is 10.0. The molecule has 1 aromatic heterocycles. The summed E-state index contributed by atoms with van der Waals surface area (Å²) in [5, 5.41) is 16.7. The molecular formula is C17H22ClFN4O2. The van der Waals surface area contributed by atoms with Gasteiger partial charge < -0.3 is 15.7 Å². The fraction of sp³-hybridized carbons (Fsp3) is 0.412. The van der Waals surface area contributed by atoms with Gasteiger partial charge in [-0.3, -0.25) is 9.89 Å². The fourth-order valence-corrected chi connectivity index (χ4v) is 3.19. The Morgan fingerprint density at radius 1 is 1.40 bits per heavy atom. The first kappa shape index (κ1) is 19.4. The Morgan fingerprint density at radius 3 is 2.68 bits per heavy atom. The number of amides is 1. The van der Waals surface area contributed by atoms with Crippen LogP contribution in [0.2, 0.25) is 0 Å². The maximum absolute atomic E-state index is 13.1. The van der Waals surface area contributed by atoms with Crippen molar-refractivity contribution in [2.24, 2.45) is 11.7 Å². The number of nitrogens with zero attached hydrogens (tertiary/aromatic N) is 2. The minimum absolute atomic E-state index is 0. The molecule has 3 atom stereocenters. The van der Waals surface area contributed by atoms with Gasteiger partial charge in [0.2, 0.25) is 5.91 Å². The Labute approximate surface area is 151 Å². The Morgan fingerprint density at radius 2 is 2.08 bits per heavy atom. The quantitative estimate of drug-likeness (QED) is 0.765. The Balaban J connectivity index is 0.00000225. The van der Waals surface area contributed by atoms with Crippen LogP contribution in [0.1, 0.15) is 18.4 Å². The number of aliphatic hydroxyl groups is 1. The second kappa shape index (κ2) is 7.95. The van der Waals surface area contributed by atoms with Crippen LogP contribution >= 0.6 is 12.4 Å². The number of carbonyl (C=O) groups is 1. The molecule has 0 saturated heterocycles. The van der Waals surface area contributed by atoms with Gasteiger partial charge >= 0.3 is 0 Å².